The molecule has 2 heterocycles. The molecular weight excluding hydrogens is 302 g/mol. The summed E-state index contributed by atoms with van der Waals surface area (Å²) < 4.78 is 16.3. The minimum absolute atomic E-state index is 0.0659. The molecule has 5 nitrogen and oxygen atoms in total. The number of hydrogen-bond acceptors (Lipinski definition) is 5. The van der Waals surface area contributed by atoms with Crippen LogP contribution in [0.25, 0.3) is 0 Å². The van der Waals surface area contributed by atoms with Crippen LogP contribution in [0.1, 0.15) is 12.5 Å². The Morgan fingerprint density at radius 2 is 2.18 bits per heavy atom. The summed E-state index contributed by atoms with van der Waals surface area (Å²) in [5.74, 6) is 1.86. The largest absolute Gasteiger partial charge is 0.481 e. The molecule has 0 saturated heterocycles. The molecule has 6 heteroatoms. The standard InChI is InChI=1S/C16H17NO4S/c1-11(16(18)17(2)8-12-5-6-22-9-12)21-13-3-4-14-15(7-13)20-10-19-14/h3-7,9,11H,8,10H2,1-2H3. The number of carbonyl (C=O) groups is 1. The summed E-state index contributed by atoms with van der Waals surface area (Å²) in [6.45, 7) is 2.55. The summed E-state index contributed by atoms with van der Waals surface area (Å²) in [5.41, 5.74) is 1.12. The second-order valence-electron chi connectivity index (χ2n) is 5.10. The van der Waals surface area contributed by atoms with Gasteiger partial charge in [0, 0.05) is 19.7 Å². The quantitative estimate of drug-likeness (QED) is 0.850. The zero-order valence-corrected chi connectivity index (χ0v) is 13.3. The zero-order valence-electron chi connectivity index (χ0n) is 12.4. The normalized spacial score (nSPS) is 13.7. The molecule has 3 rings (SSSR count). The Balaban J connectivity index is 1.61. The van der Waals surface area contributed by atoms with Crippen LogP contribution in [0.3, 0.4) is 0 Å². The first-order chi connectivity index (χ1) is 10.6. The Bertz CT molecular complexity index is 656. The highest BCUT2D eigenvalue weighted by Gasteiger charge is 2.21. The molecule has 1 aromatic carbocycles. The topological polar surface area (TPSA) is 48.0 Å². The zero-order chi connectivity index (χ0) is 15.5. The van der Waals surface area contributed by atoms with Gasteiger partial charge in [-0.3, -0.25) is 4.79 Å². The summed E-state index contributed by atoms with van der Waals surface area (Å²) >= 11 is 1.62. The Kier molecular flexibility index (Phi) is 4.20. The van der Waals surface area contributed by atoms with E-state index in [0.29, 0.717) is 23.8 Å². The van der Waals surface area contributed by atoms with Crippen molar-refractivity contribution in [2.75, 3.05) is 13.8 Å². The van der Waals surface area contributed by atoms with Gasteiger partial charge in [-0.25, -0.2) is 0 Å². The Hall–Kier alpha value is -2.21. The van der Waals surface area contributed by atoms with Gasteiger partial charge in [-0.15, -0.1) is 0 Å². The predicted octanol–water partition coefficient (Wildman–Crippen LogP) is 2.90. The third kappa shape index (κ3) is 3.17. The van der Waals surface area contributed by atoms with Crippen molar-refractivity contribution in [3.63, 3.8) is 0 Å². The third-order valence-electron chi connectivity index (χ3n) is 3.38. The van der Waals surface area contributed by atoms with E-state index in [1.54, 1.807) is 48.4 Å². The summed E-state index contributed by atoms with van der Waals surface area (Å²) in [4.78, 5) is 14.0. The number of nitrogens with zero attached hydrogens (tertiary/aromatic N) is 1. The molecule has 22 heavy (non-hydrogen) atoms. The first-order valence-corrected chi connectivity index (χ1v) is 7.90. The van der Waals surface area contributed by atoms with Gasteiger partial charge in [-0.05, 0) is 41.4 Å². The van der Waals surface area contributed by atoms with E-state index in [1.165, 1.54) is 0 Å². The average molecular weight is 319 g/mol. The van der Waals surface area contributed by atoms with E-state index < -0.39 is 6.10 Å². The van der Waals surface area contributed by atoms with E-state index in [9.17, 15) is 4.79 Å². The molecule has 1 amide bonds. The highest BCUT2D eigenvalue weighted by Crippen LogP contribution is 2.35. The molecule has 1 atom stereocenters. The van der Waals surface area contributed by atoms with E-state index in [-0.39, 0.29) is 12.7 Å². The molecule has 0 radical (unpaired) electrons. The summed E-state index contributed by atoms with van der Waals surface area (Å²) in [6, 6.07) is 7.31. The third-order valence-corrected chi connectivity index (χ3v) is 4.11. The molecule has 1 aliphatic rings. The van der Waals surface area contributed by atoms with E-state index >= 15 is 0 Å². The first-order valence-electron chi connectivity index (χ1n) is 6.96. The van der Waals surface area contributed by atoms with Gasteiger partial charge >= 0.3 is 0 Å². The van der Waals surface area contributed by atoms with Crippen molar-refractivity contribution in [2.45, 2.75) is 19.6 Å². The number of amides is 1. The molecule has 0 fully saturated rings. The second kappa shape index (κ2) is 6.27. The van der Waals surface area contributed by atoms with Crippen LogP contribution in [0.5, 0.6) is 17.2 Å². The Morgan fingerprint density at radius 3 is 2.95 bits per heavy atom. The molecule has 0 bridgehead atoms. The highest BCUT2D eigenvalue weighted by atomic mass is 32.1. The predicted molar refractivity (Wildman–Crippen MR) is 83.4 cm³/mol. The van der Waals surface area contributed by atoms with Gasteiger partial charge < -0.3 is 19.1 Å². The van der Waals surface area contributed by atoms with Crippen molar-refractivity contribution in [3.8, 4) is 17.2 Å². The van der Waals surface area contributed by atoms with Crippen molar-refractivity contribution in [1.29, 1.82) is 0 Å². The monoisotopic (exact) mass is 319 g/mol. The SMILES string of the molecule is CC(Oc1ccc2c(c1)OCO2)C(=O)N(C)Cc1ccsc1. The van der Waals surface area contributed by atoms with Gasteiger partial charge in [-0.1, -0.05) is 0 Å². The molecular formula is C16H17NO4S. The number of ether oxygens (including phenoxy) is 3. The lowest BCUT2D eigenvalue weighted by atomic mass is 10.2. The van der Waals surface area contributed by atoms with Crippen LogP contribution in [0.15, 0.2) is 35.0 Å². The fraction of sp³-hybridized carbons (Fsp3) is 0.312. The molecule has 116 valence electrons. The molecule has 0 aliphatic carbocycles. The molecule has 1 aliphatic heterocycles. The Labute approximate surface area is 133 Å². The number of hydrogen-bond donors (Lipinski definition) is 0. The average Bonchev–Trinajstić information content (AvgIpc) is 3.16. The van der Waals surface area contributed by atoms with Gasteiger partial charge in [-0.2, -0.15) is 11.3 Å². The maximum Gasteiger partial charge on any atom is 0.263 e. The van der Waals surface area contributed by atoms with Gasteiger partial charge in [0.2, 0.25) is 6.79 Å². The van der Waals surface area contributed by atoms with Crippen LogP contribution in [-0.4, -0.2) is 30.8 Å². The maximum atomic E-state index is 12.4. The number of fused-ring (bicyclic) bond motifs is 1. The van der Waals surface area contributed by atoms with Gasteiger partial charge in [0.05, 0.1) is 0 Å². The summed E-state index contributed by atoms with van der Waals surface area (Å²) in [5, 5.41) is 4.04. The van der Waals surface area contributed by atoms with Crippen molar-refractivity contribution in [1.82, 2.24) is 4.90 Å². The van der Waals surface area contributed by atoms with Crippen LogP contribution < -0.4 is 14.2 Å². The first kappa shape index (κ1) is 14.7. The maximum absolute atomic E-state index is 12.4. The number of carbonyl (C=O) groups excluding carboxylic acids is 1. The fourth-order valence-electron chi connectivity index (χ4n) is 2.25. The smallest absolute Gasteiger partial charge is 0.263 e. The number of likely N-dealkylation sites (N-methyl/N-ethyl adjacent to an activating group) is 1. The molecule has 0 spiro atoms. The number of benzene rings is 1. The molecule has 0 saturated carbocycles. The van der Waals surface area contributed by atoms with Crippen molar-refractivity contribution in [2.24, 2.45) is 0 Å². The van der Waals surface area contributed by atoms with Gasteiger partial charge in [0.15, 0.2) is 17.6 Å². The highest BCUT2D eigenvalue weighted by molar-refractivity contribution is 7.07. The Morgan fingerprint density at radius 1 is 1.36 bits per heavy atom. The van der Waals surface area contributed by atoms with Crippen molar-refractivity contribution in [3.05, 3.63) is 40.6 Å². The van der Waals surface area contributed by atoms with Crippen LogP contribution in [0.4, 0.5) is 0 Å². The number of thiophene rings is 1. The summed E-state index contributed by atoms with van der Waals surface area (Å²) in [7, 11) is 1.78. The lowest BCUT2D eigenvalue weighted by Crippen LogP contribution is -2.37. The van der Waals surface area contributed by atoms with Crippen molar-refractivity contribution < 1.29 is 19.0 Å². The van der Waals surface area contributed by atoms with E-state index in [1.807, 2.05) is 16.8 Å². The molecule has 0 N–H and O–H groups in total. The molecule has 1 unspecified atom stereocenters. The molecule has 2 aromatic rings. The fourth-order valence-corrected chi connectivity index (χ4v) is 2.91. The minimum Gasteiger partial charge on any atom is -0.481 e. The van der Waals surface area contributed by atoms with E-state index in [0.717, 1.165) is 5.56 Å². The van der Waals surface area contributed by atoms with Crippen LogP contribution in [-0.2, 0) is 11.3 Å². The second-order valence-corrected chi connectivity index (χ2v) is 5.88. The van der Waals surface area contributed by atoms with Crippen LogP contribution >= 0.6 is 11.3 Å². The minimum atomic E-state index is -0.566. The van der Waals surface area contributed by atoms with Crippen LogP contribution in [0.2, 0.25) is 0 Å². The van der Waals surface area contributed by atoms with Crippen LogP contribution in [0, 0.1) is 0 Å². The summed E-state index contributed by atoms with van der Waals surface area (Å²) in [6.07, 6.45) is -0.566. The van der Waals surface area contributed by atoms with Crippen molar-refractivity contribution >= 4 is 17.2 Å². The van der Waals surface area contributed by atoms with E-state index in [4.69, 9.17) is 14.2 Å². The van der Waals surface area contributed by atoms with E-state index in [2.05, 4.69) is 0 Å². The lowest BCUT2D eigenvalue weighted by Gasteiger charge is -2.22. The molecule has 1 aromatic heterocycles. The van der Waals surface area contributed by atoms with Gasteiger partial charge in [0.25, 0.3) is 5.91 Å². The number of rotatable bonds is 5. The van der Waals surface area contributed by atoms with Gasteiger partial charge in [0.1, 0.15) is 5.75 Å². The lowest BCUT2D eigenvalue weighted by molar-refractivity contribution is -0.137.